The zero-order valence-corrected chi connectivity index (χ0v) is 20.5. The zero-order valence-electron chi connectivity index (χ0n) is 18.9. The molecule has 0 unspecified atom stereocenters. The minimum absolute atomic E-state index is 0.153. The molecule has 0 aliphatic carbocycles. The van der Waals surface area contributed by atoms with Crippen LogP contribution < -0.4 is 14.8 Å². The maximum Gasteiger partial charge on any atom is 0.343 e. The molecular weight excluding hydrogens is 504 g/mol. The third kappa shape index (κ3) is 5.94. The quantitative estimate of drug-likeness (QED) is 0.257. The summed E-state index contributed by atoms with van der Waals surface area (Å²) in [5.41, 5.74) is 1.42. The van der Waals surface area contributed by atoms with Gasteiger partial charge in [-0.2, -0.15) is 0 Å². The van der Waals surface area contributed by atoms with Gasteiger partial charge in [-0.25, -0.2) is 4.79 Å². The lowest BCUT2D eigenvalue weighted by atomic mass is 10.1. The van der Waals surface area contributed by atoms with E-state index < -0.39 is 29.6 Å². The van der Waals surface area contributed by atoms with Gasteiger partial charge >= 0.3 is 5.97 Å². The number of anilines is 1. The Labute approximate surface area is 215 Å². The van der Waals surface area contributed by atoms with Crippen LogP contribution in [0.5, 0.6) is 11.5 Å². The second-order valence-corrected chi connectivity index (χ2v) is 8.92. The number of rotatable bonds is 7. The largest absolute Gasteiger partial charge is 0.493 e. The van der Waals surface area contributed by atoms with Crippen molar-refractivity contribution in [2.24, 2.45) is 0 Å². The number of thioether (sulfide) groups is 1. The SMILES string of the molecule is COc1cc(/C=C2\SC(=O)N(CC(=O)Nc3ccccc3)C2=O)ccc1OC(=O)c1ccc(Cl)cc1. The monoisotopic (exact) mass is 522 g/mol. The fourth-order valence-electron chi connectivity index (χ4n) is 3.26. The van der Waals surface area contributed by atoms with E-state index in [0.29, 0.717) is 21.8 Å². The number of hydrogen-bond acceptors (Lipinski definition) is 7. The van der Waals surface area contributed by atoms with Gasteiger partial charge in [-0.05, 0) is 71.9 Å². The molecule has 1 aliphatic rings. The van der Waals surface area contributed by atoms with E-state index in [4.69, 9.17) is 21.1 Å². The number of halogens is 1. The average Bonchev–Trinajstić information content (AvgIpc) is 3.13. The highest BCUT2D eigenvalue weighted by Gasteiger charge is 2.36. The number of carbonyl (C=O) groups excluding carboxylic acids is 4. The van der Waals surface area contributed by atoms with Gasteiger partial charge in [0.25, 0.3) is 11.1 Å². The van der Waals surface area contributed by atoms with E-state index in [0.717, 1.165) is 16.7 Å². The lowest BCUT2D eigenvalue weighted by Crippen LogP contribution is -2.36. The molecule has 10 heteroatoms. The molecule has 0 aromatic heterocycles. The number of carbonyl (C=O) groups is 4. The van der Waals surface area contributed by atoms with Crippen LogP contribution in [0, 0.1) is 0 Å². The number of methoxy groups -OCH3 is 1. The molecule has 3 amide bonds. The molecule has 0 spiro atoms. The molecule has 1 saturated heterocycles. The fraction of sp³-hybridized carbons (Fsp3) is 0.0769. The van der Waals surface area contributed by atoms with Crippen LogP contribution in [0.3, 0.4) is 0 Å². The molecule has 36 heavy (non-hydrogen) atoms. The van der Waals surface area contributed by atoms with E-state index in [1.54, 1.807) is 60.7 Å². The molecule has 3 aromatic carbocycles. The van der Waals surface area contributed by atoms with Gasteiger partial charge in [-0.15, -0.1) is 0 Å². The van der Waals surface area contributed by atoms with Gasteiger partial charge in [-0.3, -0.25) is 19.3 Å². The smallest absolute Gasteiger partial charge is 0.343 e. The number of benzene rings is 3. The van der Waals surface area contributed by atoms with Crippen molar-refractivity contribution in [2.45, 2.75) is 0 Å². The molecule has 8 nitrogen and oxygen atoms in total. The first kappa shape index (κ1) is 25.0. The van der Waals surface area contributed by atoms with Crippen molar-refractivity contribution < 1.29 is 28.7 Å². The van der Waals surface area contributed by atoms with Crippen LogP contribution in [0.4, 0.5) is 10.5 Å². The molecule has 1 fully saturated rings. The summed E-state index contributed by atoms with van der Waals surface area (Å²) >= 11 is 6.58. The van der Waals surface area contributed by atoms with E-state index in [-0.39, 0.29) is 16.4 Å². The average molecular weight is 523 g/mol. The number of nitrogens with one attached hydrogen (secondary N) is 1. The van der Waals surface area contributed by atoms with Gasteiger partial charge in [0.2, 0.25) is 5.91 Å². The summed E-state index contributed by atoms with van der Waals surface area (Å²) in [4.78, 5) is 50.9. The molecule has 0 bridgehead atoms. The Morgan fingerprint density at radius 2 is 1.72 bits per heavy atom. The molecule has 1 aliphatic heterocycles. The first-order valence-corrected chi connectivity index (χ1v) is 11.8. The molecule has 1 N–H and O–H groups in total. The topological polar surface area (TPSA) is 102 Å². The predicted octanol–water partition coefficient (Wildman–Crippen LogP) is 5.24. The van der Waals surface area contributed by atoms with Crippen molar-refractivity contribution in [3.8, 4) is 11.5 Å². The molecule has 4 rings (SSSR count). The molecule has 3 aromatic rings. The van der Waals surface area contributed by atoms with Gasteiger partial charge in [0.15, 0.2) is 11.5 Å². The third-order valence-electron chi connectivity index (χ3n) is 5.00. The van der Waals surface area contributed by atoms with Crippen molar-refractivity contribution in [1.29, 1.82) is 0 Å². The van der Waals surface area contributed by atoms with E-state index in [9.17, 15) is 19.2 Å². The second-order valence-electron chi connectivity index (χ2n) is 7.49. The molecule has 1 heterocycles. The standard InChI is InChI=1S/C26H19ClN2O6S/c1-34-21-13-16(7-12-20(21)35-25(32)17-8-10-18(27)11-9-17)14-22-24(31)29(26(33)36-22)15-23(30)28-19-5-3-2-4-6-19/h2-14H,15H2,1H3,(H,28,30)/b22-14-. The first-order valence-electron chi connectivity index (χ1n) is 10.6. The summed E-state index contributed by atoms with van der Waals surface area (Å²) < 4.78 is 10.8. The summed E-state index contributed by atoms with van der Waals surface area (Å²) in [5.74, 6) is -1.22. The maximum atomic E-state index is 12.8. The number of nitrogens with zero attached hydrogens (tertiary/aromatic N) is 1. The van der Waals surface area contributed by atoms with Crippen LogP contribution in [0.2, 0.25) is 5.02 Å². The molecule has 0 radical (unpaired) electrons. The van der Waals surface area contributed by atoms with Gasteiger partial charge in [0, 0.05) is 10.7 Å². The summed E-state index contributed by atoms with van der Waals surface area (Å²) in [6, 6.07) is 19.7. The maximum absolute atomic E-state index is 12.8. The van der Waals surface area contributed by atoms with Crippen molar-refractivity contribution in [2.75, 3.05) is 19.0 Å². The highest BCUT2D eigenvalue weighted by Crippen LogP contribution is 2.34. The normalized spacial score (nSPS) is 14.2. The number of esters is 1. The van der Waals surface area contributed by atoms with E-state index in [2.05, 4.69) is 5.32 Å². The molecular formula is C26H19ClN2O6S. The van der Waals surface area contributed by atoms with Gasteiger partial charge in [-0.1, -0.05) is 35.9 Å². The highest BCUT2D eigenvalue weighted by atomic mass is 35.5. The van der Waals surface area contributed by atoms with Gasteiger partial charge in [0.05, 0.1) is 17.6 Å². The lowest BCUT2D eigenvalue weighted by Gasteiger charge is -2.12. The van der Waals surface area contributed by atoms with Crippen LogP contribution in [0.25, 0.3) is 6.08 Å². The van der Waals surface area contributed by atoms with E-state index in [1.165, 1.54) is 19.3 Å². The van der Waals surface area contributed by atoms with Crippen LogP contribution in [-0.4, -0.2) is 41.6 Å². The lowest BCUT2D eigenvalue weighted by molar-refractivity contribution is -0.127. The Hall–Kier alpha value is -4.08. The second kappa shape index (κ2) is 11.1. The Morgan fingerprint density at radius 3 is 2.42 bits per heavy atom. The van der Waals surface area contributed by atoms with Gasteiger partial charge in [0.1, 0.15) is 6.54 Å². The van der Waals surface area contributed by atoms with Crippen LogP contribution in [-0.2, 0) is 9.59 Å². The fourth-order valence-corrected chi connectivity index (χ4v) is 4.22. The Kier molecular flexibility index (Phi) is 7.72. The summed E-state index contributed by atoms with van der Waals surface area (Å²) in [6.45, 7) is -0.403. The minimum Gasteiger partial charge on any atom is -0.493 e. The molecule has 0 saturated carbocycles. The van der Waals surface area contributed by atoms with Crippen LogP contribution >= 0.6 is 23.4 Å². The van der Waals surface area contributed by atoms with Crippen LogP contribution in [0.15, 0.2) is 77.7 Å². The number of para-hydroxylation sites is 1. The van der Waals surface area contributed by atoms with Crippen molar-refractivity contribution in [3.63, 3.8) is 0 Å². The number of amides is 3. The van der Waals surface area contributed by atoms with Crippen LogP contribution in [0.1, 0.15) is 15.9 Å². The van der Waals surface area contributed by atoms with Crippen molar-refractivity contribution in [3.05, 3.63) is 93.9 Å². The summed E-state index contributed by atoms with van der Waals surface area (Å²) in [5, 5.41) is 2.60. The summed E-state index contributed by atoms with van der Waals surface area (Å²) in [7, 11) is 1.41. The Morgan fingerprint density at radius 1 is 1.00 bits per heavy atom. The third-order valence-corrected chi connectivity index (χ3v) is 6.16. The number of hydrogen-bond donors (Lipinski definition) is 1. The Bertz CT molecular complexity index is 1360. The number of ether oxygens (including phenoxy) is 2. The first-order chi connectivity index (χ1) is 17.3. The Balaban J connectivity index is 1.45. The molecule has 182 valence electrons. The number of imide groups is 1. The predicted molar refractivity (Wildman–Crippen MR) is 137 cm³/mol. The zero-order chi connectivity index (χ0) is 25.7. The minimum atomic E-state index is -0.590. The summed E-state index contributed by atoms with van der Waals surface area (Å²) in [6.07, 6.45) is 1.51. The molecule has 0 atom stereocenters. The van der Waals surface area contributed by atoms with E-state index >= 15 is 0 Å². The van der Waals surface area contributed by atoms with E-state index in [1.807, 2.05) is 6.07 Å². The van der Waals surface area contributed by atoms with Gasteiger partial charge < -0.3 is 14.8 Å². The van der Waals surface area contributed by atoms with Crippen molar-refractivity contribution in [1.82, 2.24) is 4.90 Å². The van der Waals surface area contributed by atoms with Crippen molar-refractivity contribution >= 4 is 58.1 Å². The highest BCUT2D eigenvalue weighted by molar-refractivity contribution is 8.18.